The Kier molecular flexibility index (Phi) is 5.47. The average Bonchev–Trinajstić information content (AvgIpc) is 2.94. The third-order valence-corrected chi connectivity index (χ3v) is 3.87. The second kappa shape index (κ2) is 7.34. The van der Waals surface area contributed by atoms with Crippen molar-refractivity contribution in [2.75, 3.05) is 26.9 Å². The second-order valence-corrected chi connectivity index (χ2v) is 5.23. The number of hydrogen-bond acceptors (Lipinski definition) is 4. The van der Waals surface area contributed by atoms with E-state index in [-0.39, 0.29) is 23.6 Å². The number of carbonyl (C=O) groups is 1. The molecule has 1 aromatic carbocycles. The average molecular weight is 306 g/mol. The highest BCUT2D eigenvalue weighted by Gasteiger charge is 2.33. The maximum absolute atomic E-state index is 13.4. The van der Waals surface area contributed by atoms with Gasteiger partial charge in [-0.05, 0) is 31.5 Å². The second-order valence-electron chi connectivity index (χ2n) is 5.23. The van der Waals surface area contributed by atoms with Crippen molar-refractivity contribution >= 4 is 5.91 Å². The fourth-order valence-electron chi connectivity index (χ4n) is 2.65. The van der Waals surface area contributed by atoms with E-state index in [2.05, 4.69) is 0 Å². The summed E-state index contributed by atoms with van der Waals surface area (Å²) in [4.78, 5) is 14.4. The van der Waals surface area contributed by atoms with Gasteiger partial charge in [-0.3, -0.25) is 4.79 Å². The van der Waals surface area contributed by atoms with Gasteiger partial charge in [0.25, 0.3) is 5.91 Å². The summed E-state index contributed by atoms with van der Waals surface area (Å²) in [5.41, 5.74) is 0.168. The summed E-state index contributed by atoms with van der Waals surface area (Å²) in [5.74, 6) is -0.865. The van der Waals surface area contributed by atoms with E-state index >= 15 is 0 Å². The number of methoxy groups -OCH3 is 1. The van der Waals surface area contributed by atoms with Gasteiger partial charge in [-0.2, -0.15) is 5.26 Å². The van der Waals surface area contributed by atoms with Crippen LogP contribution in [0.15, 0.2) is 18.2 Å². The molecule has 1 aliphatic rings. The zero-order valence-electron chi connectivity index (χ0n) is 12.7. The molecule has 1 aromatic rings. The van der Waals surface area contributed by atoms with E-state index in [1.807, 2.05) is 6.92 Å². The van der Waals surface area contributed by atoms with Gasteiger partial charge in [0.15, 0.2) is 0 Å². The molecule has 2 atom stereocenters. The Morgan fingerprint density at radius 2 is 2.36 bits per heavy atom. The van der Waals surface area contributed by atoms with Gasteiger partial charge in [0.05, 0.1) is 24.3 Å². The van der Waals surface area contributed by atoms with Crippen molar-refractivity contribution in [1.82, 2.24) is 4.90 Å². The zero-order valence-corrected chi connectivity index (χ0v) is 12.7. The fourth-order valence-corrected chi connectivity index (χ4v) is 2.65. The zero-order chi connectivity index (χ0) is 16.1. The molecule has 1 heterocycles. The van der Waals surface area contributed by atoms with Crippen LogP contribution in [0.2, 0.25) is 0 Å². The SMILES string of the molecule is COCCN(C(=O)c1ccc(F)c(C#N)c1)[C@H]1CCO[C@H]1C. The molecule has 0 radical (unpaired) electrons. The van der Waals surface area contributed by atoms with Crippen LogP contribution < -0.4 is 0 Å². The van der Waals surface area contributed by atoms with E-state index in [4.69, 9.17) is 14.7 Å². The van der Waals surface area contributed by atoms with Gasteiger partial charge in [0.1, 0.15) is 11.9 Å². The van der Waals surface area contributed by atoms with Crippen LogP contribution in [0.3, 0.4) is 0 Å². The molecule has 0 spiro atoms. The quantitative estimate of drug-likeness (QED) is 0.834. The number of carbonyl (C=O) groups excluding carboxylic acids is 1. The van der Waals surface area contributed by atoms with Crippen LogP contribution in [0, 0.1) is 17.1 Å². The Morgan fingerprint density at radius 3 is 2.95 bits per heavy atom. The van der Waals surface area contributed by atoms with E-state index in [9.17, 15) is 9.18 Å². The number of hydrogen-bond donors (Lipinski definition) is 0. The van der Waals surface area contributed by atoms with Gasteiger partial charge in [0, 0.05) is 25.8 Å². The number of nitriles is 1. The van der Waals surface area contributed by atoms with Gasteiger partial charge in [-0.1, -0.05) is 0 Å². The summed E-state index contributed by atoms with van der Waals surface area (Å²) in [6.45, 7) is 3.36. The number of benzene rings is 1. The van der Waals surface area contributed by atoms with Crippen molar-refractivity contribution in [3.8, 4) is 6.07 Å². The van der Waals surface area contributed by atoms with Gasteiger partial charge in [0.2, 0.25) is 0 Å². The highest BCUT2D eigenvalue weighted by Crippen LogP contribution is 2.22. The summed E-state index contributed by atoms with van der Waals surface area (Å²) < 4.78 is 24.0. The van der Waals surface area contributed by atoms with Crippen molar-refractivity contribution in [3.05, 3.63) is 35.1 Å². The van der Waals surface area contributed by atoms with Gasteiger partial charge < -0.3 is 14.4 Å². The first-order chi connectivity index (χ1) is 10.6. The van der Waals surface area contributed by atoms with Crippen LogP contribution in [-0.4, -0.2) is 49.8 Å². The number of rotatable bonds is 5. The maximum atomic E-state index is 13.4. The summed E-state index contributed by atoms with van der Waals surface area (Å²) in [5, 5.41) is 8.90. The highest BCUT2D eigenvalue weighted by molar-refractivity contribution is 5.94. The molecule has 0 saturated carbocycles. The molecule has 22 heavy (non-hydrogen) atoms. The van der Waals surface area contributed by atoms with E-state index in [0.29, 0.717) is 25.3 Å². The molecule has 0 bridgehead atoms. The minimum absolute atomic E-state index is 0.0433. The van der Waals surface area contributed by atoms with E-state index in [1.165, 1.54) is 12.1 Å². The van der Waals surface area contributed by atoms with E-state index in [1.54, 1.807) is 18.1 Å². The standard InChI is InChI=1S/C16H19FN2O3/c1-11-15(5-7-22-11)19(6-8-21-2)16(20)12-3-4-14(17)13(9-12)10-18/h3-4,9,11,15H,5-8H2,1-2H3/t11-,15-/m0/s1. The summed E-state index contributed by atoms with van der Waals surface area (Å²) >= 11 is 0. The minimum atomic E-state index is -0.625. The molecule has 1 aliphatic heterocycles. The number of halogens is 1. The van der Waals surface area contributed by atoms with Crippen molar-refractivity contribution < 1.29 is 18.7 Å². The van der Waals surface area contributed by atoms with Crippen molar-refractivity contribution in [2.24, 2.45) is 0 Å². The van der Waals surface area contributed by atoms with Crippen LogP contribution in [0.5, 0.6) is 0 Å². The van der Waals surface area contributed by atoms with Crippen molar-refractivity contribution in [2.45, 2.75) is 25.5 Å². The Hall–Kier alpha value is -1.97. The summed E-state index contributed by atoms with van der Waals surface area (Å²) in [6, 6.07) is 5.55. The maximum Gasteiger partial charge on any atom is 0.254 e. The lowest BCUT2D eigenvalue weighted by atomic mass is 10.1. The lowest BCUT2D eigenvalue weighted by Crippen LogP contribution is -2.45. The van der Waals surface area contributed by atoms with Gasteiger partial charge in [-0.15, -0.1) is 0 Å². The Balaban J connectivity index is 2.26. The molecule has 5 nitrogen and oxygen atoms in total. The number of ether oxygens (including phenoxy) is 2. The lowest BCUT2D eigenvalue weighted by molar-refractivity contribution is 0.0425. The van der Waals surface area contributed by atoms with Crippen molar-refractivity contribution in [1.29, 1.82) is 5.26 Å². The molecule has 0 aromatic heterocycles. The normalized spacial score (nSPS) is 20.6. The first kappa shape index (κ1) is 16.4. The molecule has 1 saturated heterocycles. The first-order valence-electron chi connectivity index (χ1n) is 7.19. The van der Waals surface area contributed by atoms with Crippen LogP contribution in [0.1, 0.15) is 29.3 Å². The fraction of sp³-hybridized carbons (Fsp3) is 0.500. The summed E-state index contributed by atoms with van der Waals surface area (Å²) in [7, 11) is 1.57. The van der Waals surface area contributed by atoms with Gasteiger partial charge in [-0.25, -0.2) is 4.39 Å². The first-order valence-corrected chi connectivity index (χ1v) is 7.19. The monoisotopic (exact) mass is 306 g/mol. The predicted molar refractivity (Wildman–Crippen MR) is 77.8 cm³/mol. The van der Waals surface area contributed by atoms with Crippen LogP contribution in [0.4, 0.5) is 4.39 Å². The van der Waals surface area contributed by atoms with Crippen LogP contribution >= 0.6 is 0 Å². The minimum Gasteiger partial charge on any atom is -0.383 e. The molecule has 1 amide bonds. The third-order valence-electron chi connectivity index (χ3n) is 3.87. The molecule has 0 N–H and O–H groups in total. The molecule has 0 aliphatic carbocycles. The highest BCUT2D eigenvalue weighted by atomic mass is 19.1. The lowest BCUT2D eigenvalue weighted by Gasteiger charge is -2.30. The smallest absolute Gasteiger partial charge is 0.254 e. The molecular weight excluding hydrogens is 287 g/mol. The topological polar surface area (TPSA) is 62.6 Å². The molecular formula is C16H19FN2O3. The molecule has 1 fully saturated rings. The summed E-state index contributed by atoms with van der Waals surface area (Å²) in [6.07, 6.45) is 0.694. The predicted octanol–water partition coefficient (Wildman–Crippen LogP) is 1.96. The van der Waals surface area contributed by atoms with E-state index in [0.717, 1.165) is 12.5 Å². The Labute approximate surface area is 129 Å². The largest absolute Gasteiger partial charge is 0.383 e. The Morgan fingerprint density at radius 1 is 1.59 bits per heavy atom. The third kappa shape index (κ3) is 3.43. The Bertz CT molecular complexity index is 585. The molecule has 0 unspecified atom stereocenters. The molecule has 6 heteroatoms. The van der Waals surface area contributed by atoms with Crippen molar-refractivity contribution in [3.63, 3.8) is 0 Å². The number of amides is 1. The number of nitrogens with zero attached hydrogens (tertiary/aromatic N) is 2. The molecule has 118 valence electrons. The van der Waals surface area contributed by atoms with Crippen LogP contribution in [0.25, 0.3) is 0 Å². The van der Waals surface area contributed by atoms with Gasteiger partial charge >= 0.3 is 0 Å². The molecule has 2 rings (SSSR count). The van der Waals surface area contributed by atoms with Crippen LogP contribution in [-0.2, 0) is 9.47 Å². The van der Waals surface area contributed by atoms with E-state index < -0.39 is 5.82 Å².